The maximum absolute atomic E-state index is 5.30. The number of aryl methyl sites for hydroxylation is 1. The van der Waals surface area contributed by atoms with E-state index in [1.54, 1.807) is 24.2 Å². The summed E-state index contributed by atoms with van der Waals surface area (Å²) in [5, 5.41) is 8.14. The highest BCUT2D eigenvalue weighted by Gasteiger charge is 2.31. The van der Waals surface area contributed by atoms with Gasteiger partial charge in [0, 0.05) is 39.2 Å². The number of nitrogens with zero attached hydrogens (tertiary/aromatic N) is 8. The molecule has 10 nitrogen and oxygen atoms in total. The van der Waals surface area contributed by atoms with Crippen molar-refractivity contribution in [1.82, 2.24) is 34.7 Å². The molecule has 10 heteroatoms. The number of aromatic nitrogens is 6. The summed E-state index contributed by atoms with van der Waals surface area (Å²) in [5.41, 5.74) is 8.08. The zero-order valence-corrected chi connectivity index (χ0v) is 17.3. The zero-order valence-electron chi connectivity index (χ0n) is 17.3. The van der Waals surface area contributed by atoms with E-state index in [2.05, 4.69) is 44.2 Å². The van der Waals surface area contributed by atoms with Crippen LogP contribution in [0.4, 0.5) is 11.6 Å². The number of anilines is 2. The molecule has 1 atom stereocenters. The maximum atomic E-state index is 5.30. The molecule has 0 fully saturated rings. The van der Waals surface area contributed by atoms with Crippen molar-refractivity contribution in [2.75, 3.05) is 24.2 Å². The third kappa shape index (κ3) is 2.97. The number of fused-ring (bicyclic) bond motifs is 2. The van der Waals surface area contributed by atoms with Gasteiger partial charge in [0.25, 0.3) is 0 Å². The highest BCUT2D eigenvalue weighted by atomic mass is 16.5. The molecule has 0 bridgehead atoms. The van der Waals surface area contributed by atoms with E-state index >= 15 is 0 Å². The third-order valence-corrected chi connectivity index (χ3v) is 5.31. The van der Waals surface area contributed by atoms with Crippen molar-refractivity contribution in [3.63, 3.8) is 0 Å². The quantitative estimate of drug-likeness (QED) is 0.540. The van der Waals surface area contributed by atoms with Crippen LogP contribution in [0.3, 0.4) is 0 Å². The fourth-order valence-corrected chi connectivity index (χ4v) is 3.69. The molecule has 1 aliphatic heterocycles. The molecule has 0 saturated carbocycles. The monoisotopic (exact) mass is 405 g/mol. The molecular weight excluding hydrogens is 382 g/mol. The summed E-state index contributed by atoms with van der Waals surface area (Å²) in [6.07, 6.45) is 9.44. The van der Waals surface area contributed by atoms with Crippen LogP contribution in [0.25, 0.3) is 16.9 Å². The first kappa shape index (κ1) is 18.5. The Bertz CT molecular complexity index is 1210. The summed E-state index contributed by atoms with van der Waals surface area (Å²) in [7, 11) is 5.50. The van der Waals surface area contributed by atoms with E-state index in [4.69, 9.17) is 9.72 Å². The lowest BCUT2D eigenvalue weighted by atomic mass is 10.1. The Morgan fingerprint density at radius 1 is 1.07 bits per heavy atom. The summed E-state index contributed by atoms with van der Waals surface area (Å²) >= 11 is 0. The number of pyridine rings is 1. The van der Waals surface area contributed by atoms with Crippen LogP contribution in [0, 0.1) is 0 Å². The van der Waals surface area contributed by atoms with Gasteiger partial charge in [-0.2, -0.15) is 5.10 Å². The van der Waals surface area contributed by atoms with Gasteiger partial charge in [-0.25, -0.2) is 15.0 Å². The fourth-order valence-electron chi connectivity index (χ4n) is 3.69. The Morgan fingerprint density at radius 3 is 2.70 bits per heavy atom. The number of rotatable bonds is 5. The van der Waals surface area contributed by atoms with Crippen LogP contribution in [0.15, 0.2) is 43.1 Å². The molecule has 0 radical (unpaired) electrons. The molecule has 0 aromatic carbocycles. The Balaban J connectivity index is 1.52. The summed E-state index contributed by atoms with van der Waals surface area (Å²) in [4.78, 5) is 13.9. The van der Waals surface area contributed by atoms with Crippen molar-refractivity contribution < 1.29 is 4.74 Å². The van der Waals surface area contributed by atoms with Gasteiger partial charge in [-0.15, -0.1) is 5.53 Å². The maximum Gasteiger partial charge on any atom is 0.190 e. The number of ether oxygens (including phenoxy) is 1. The van der Waals surface area contributed by atoms with Crippen molar-refractivity contribution in [3.8, 4) is 11.3 Å². The molecule has 5 heterocycles. The van der Waals surface area contributed by atoms with Crippen molar-refractivity contribution in [3.05, 3.63) is 54.4 Å². The highest BCUT2D eigenvalue weighted by molar-refractivity contribution is 5.70. The van der Waals surface area contributed by atoms with Crippen LogP contribution in [0.1, 0.15) is 24.2 Å². The standard InChI is InChI=1S/C20H23N9O/c1-13(14-5-6-18-21-8-16(12-30-4)28(18)11-14)29-20-19(27(3)25-29)22-9-17(24-20)15-7-23-26(2)10-15/h5-11,13,25H,12H2,1-4H3. The van der Waals surface area contributed by atoms with Crippen molar-refractivity contribution in [2.45, 2.75) is 19.6 Å². The molecule has 154 valence electrons. The van der Waals surface area contributed by atoms with Crippen LogP contribution in [0.5, 0.6) is 0 Å². The van der Waals surface area contributed by atoms with E-state index in [-0.39, 0.29) is 6.04 Å². The van der Waals surface area contributed by atoms with E-state index in [0.29, 0.717) is 6.61 Å². The molecule has 4 aromatic rings. The largest absolute Gasteiger partial charge is 0.378 e. The predicted molar refractivity (Wildman–Crippen MR) is 113 cm³/mol. The molecule has 0 amide bonds. The van der Waals surface area contributed by atoms with Gasteiger partial charge in [0.2, 0.25) is 0 Å². The SMILES string of the molecule is COCc1cnc2ccc(C(C)N3NN(C)c4ncc(-c5cnn(C)c5)nc43)cn12. The van der Waals surface area contributed by atoms with Gasteiger partial charge < -0.3 is 9.14 Å². The summed E-state index contributed by atoms with van der Waals surface area (Å²) in [6, 6.07) is 4.10. The van der Waals surface area contributed by atoms with Gasteiger partial charge >= 0.3 is 0 Å². The molecule has 30 heavy (non-hydrogen) atoms. The second-order valence-electron chi connectivity index (χ2n) is 7.38. The van der Waals surface area contributed by atoms with Crippen molar-refractivity contribution in [1.29, 1.82) is 0 Å². The summed E-state index contributed by atoms with van der Waals surface area (Å²) in [5.74, 6) is 1.55. The van der Waals surface area contributed by atoms with E-state index in [1.807, 2.05) is 42.6 Å². The van der Waals surface area contributed by atoms with Crippen LogP contribution < -0.4 is 15.6 Å². The van der Waals surface area contributed by atoms with Crippen LogP contribution >= 0.6 is 0 Å². The van der Waals surface area contributed by atoms with Gasteiger partial charge in [-0.3, -0.25) is 14.7 Å². The molecule has 0 spiro atoms. The van der Waals surface area contributed by atoms with E-state index in [1.165, 1.54) is 0 Å². The molecule has 5 rings (SSSR count). The topological polar surface area (TPSA) is 88.6 Å². The van der Waals surface area contributed by atoms with Gasteiger partial charge in [0.05, 0.1) is 42.6 Å². The number of hydrazine groups is 2. The number of nitrogens with one attached hydrogen (secondary N) is 1. The second kappa shape index (κ2) is 7.08. The molecule has 1 N–H and O–H groups in total. The molecule has 0 saturated heterocycles. The second-order valence-corrected chi connectivity index (χ2v) is 7.38. The minimum atomic E-state index is -0.00524. The predicted octanol–water partition coefficient (Wildman–Crippen LogP) is 2.11. The summed E-state index contributed by atoms with van der Waals surface area (Å²) in [6.45, 7) is 2.63. The molecular formula is C20H23N9O. The number of imidazole rings is 1. The normalized spacial score (nSPS) is 14.5. The van der Waals surface area contributed by atoms with Gasteiger partial charge in [-0.1, -0.05) is 6.07 Å². The van der Waals surface area contributed by atoms with Gasteiger partial charge in [-0.05, 0) is 18.6 Å². The number of hydrogen-bond donors (Lipinski definition) is 1. The molecule has 1 aliphatic rings. The molecule has 1 unspecified atom stereocenters. The zero-order chi connectivity index (χ0) is 20.8. The molecule has 4 aromatic heterocycles. The van der Waals surface area contributed by atoms with Gasteiger partial charge in [0.1, 0.15) is 5.65 Å². The smallest absolute Gasteiger partial charge is 0.190 e. The lowest BCUT2D eigenvalue weighted by Gasteiger charge is -2.26. The van der Waals surface area contributed by atoms with E-state index in [0.717, 1.165) is 39.8 Å². The van der Waals surface area contributed by atoms with E-state index in [9.17, 15) is 0 Å². The Kier molecular flexibility index (Phi) is 4.37. The summed E-state index contributed by atoms with van der Waals surface area (Å²) < 4.78 is 9.12. The first-order valence-corrected chi connectivity index (χ1v) is 9.65. The van der Waals surface area contributed by atoms with Crippen LogP contribution in [-0.4, -0.2) is 43.3 Å². The Morgan fingerprint density at radius 2 is 1.93 bits per heavy atom. The third-order valence-electron chi connectivity index (χ3n) is 5.31. The molecule has 0 aliphatic carbocycles. The minimum absolute atomic E-state index is 0.00524. The van der Waals surface area contributed by atoms with Gasteiger partial charge in [0.15, 0.2) is 11.6 Å². The Labute approximate surface area is 173 Å². The Hall–Kier alpha value is -3.50. The average molecular weight is 405 g/mol. The lowest BCUT2D eigenvalue weighted by molar-refractivity contribution is 0.181. The lowest BCUT2D eigenvalue weighted by Crippen LogP contribution is -2.43. The van der Waals surface area contributed by atoms with Crippen molar-refractivity contribution >= 4 is 17.3 Å². The highest BCUT2D eigenvalue weighted by Crippen LogP contribution is 2.36. The van der Waals surface area contributed by atoms with E-state index < -0.39 is 0 Å². The first-order valence-electron chi connectivity index (χ1n) is 9.65. The minimum Gasteiger partial charge on any atom is -0.378 e. The average Bonchev–Trinajstić information content (AvgIpc) is 3.45. The number of methoxy groups -OCH3 is 1. The van der Waals surface area contributed by atoms with Crippen LogP contribution in [0.2, 0.25) is 0 Å². The number of hydrogen-bond acceptors (Lipinski definition) is 8. The fraction of sp³-hybridized carbons (Fsp3) is 0.300. The first-order chi connectivity index (χ1) is 14.5. The van der Waals surface area contributed by atoms with Crippen LogP contribution in [-0.2, 0) is 18.4 Å². The van der Waals surface area contributed by atoms with Crippen molar-refractivity contribution in [2.24, 2.45) is 7.05 Å².